The molecule has 0 bridgehead atoms. The van der Waals surface area contributed by atoms with Crippen molar-refractivity contribution in [1.29, 1.82) is 0 Å². The van der Waals surface area contributed by atoms with Gasteiger partial charge in [-0.25, -0.2) is 13.6 Å². The first-order valence-corrected chi connectivity index (χ1v) is 8.63. The van der Waals surface area contributed by atoms with Crippen LogP contribution in [0.15, 0.2) is 23.1 Å². The molecule has 0 heterocycles. The highest BCUT2D eigenvalue weighted by Gasteiger charge is 2.26. The second-order valence-electron chi connectivity index (χ2n) is 5.52. The smallest absolute Gasteiger partial charge is 0.238 e. The third-order valence-corrected chi connectivity index (χ3v) is 4.75. The van der Waals surface area contributed by atoms with Crippen molar-refractivity contribution in [3.63, 3.8) is 0 Å². The van der Waals surface area contributed by atoms with Gasteiger partial charge in [0.1, 0.15) is 5.75 Å². The lowest BCUT2D eigenvalue weighted by Crippen LogP contribution is -2.34. The third kappa shape index (κ3) is 5.07. The van der Waals surface area contributed by atoms with Gasteiger partial charge in [-0.3, -0.25) is 4.79 Å². The zero-order valence-corrected chi connectivity index (χ0v) is 14.5. The number of anilines is 1. The van der Waals surface area contributed by atoms with E-state index in [1.165, 1.54) is 25.3 Å². The Labute approximate surface area is 142 Å². The number of hydrogen-bond donors (Lipinski definition) is 3. The van der Waals surface area contributed by atoms with Gasteiger partial charge in [-0.15, -0.1) is 12.4 Å². The van der Waals surface area contributed by atoms with E-state index in [-0.39, 0.29) is 40.9 Å². The average molecular weight is 364 g/mol. The summed E-state index contributed by atoms with van der Waals surface area (Å²) in [6.07, 6.45) is 3.24. The lowest BCUT2D eigenvalue weighted by molar-refractivity contribution is -0.120. The van der Waals surface area contributed by atoms with Gasteiger partial charge in [0.15, 0.2) is 0 Å². The Morgan fingerprint density at radius 1 is 1.35 bits per heavy atom. The fourth-order valence-corrected chi connectivity index (χ4v) is 3.20. The Kier molecular flexibility index (Phi) is 6.82. The zero-order valence-electron chi connectivity index (χ0n) is 12.8. The summed E-state index contributed by atoms with van der Waals surface area (Å²) in [4.78, 5) is 12.3. The van der Waals surface area contributed by atoms with Gasteiger partial charge >= 0.3 is 0 Å². The van der Waals surface area contributed by atoms with Crippen molar-refractivity contribution in [2.45, 2.75) is 36.6 Å². The number of nitrogens with one attached hydrogen (secondary N) is 1. The molecule has 0 aliphatic heterocycles. The first-order chi connectivity index (χ1) is 10.3. The van der Waals surface area contributed by atoms with Crippen molar-refractivity contribution in [3.8, 4) is 5.75 Å². The molecule has 1 saturated carbocycles. The number of nitrogens with two attached hydrogens (primary N) is 2. The van der Waals surface area contributed by atoms with E-state index in [1.807, 2.05) is 0 Å². The Morgan fingerprint density at radius 3 is 2.61 bits per heavy atom. The van der Waals surface area contributed by atoms with Gasteiger partial charge in [-0.1, -0.05) is 6.42 Å². The van der Waals surface area contributed by atoms with E-state index in [2.05, 4.69) is 5.32 Å². The number of carbonyl (C=O) groups is 1. The van der Waals surface area contributed by atoms with Gasteiger partial charge < -0.3 is 15.8 Å². The number of methoxy groups -OCH3 is 1. The molecule has 1 aromatic carbocycles. The highest BCUT2D eigenvalue weighted by atomic mass is 35.5. The minimum absolute atomic E-state index is 0. The van der Waals surface area contributed by atoms with Crippen LogP contribution >= 0.6 is 12.4 Å². The molecule has 1 aromatic rings. The van der Waals surface area contributed by atoms with Gasteiger partial charge in [0.25, 0.3) is 0 Å². The van der Waals surface area contributed by atoms with Crippen LogP contribution in [0.5, 0.6) is 5.75 Å². The van der Waals surface area contributed by atoms with Gasteiger partial charge in [0.2, 0.25) is 15.9 Å². The first-order valence-electron chi connectivity index (χ1n) is 7.08. The van der Waals surface area contributed by atoms with Crippen LogP contribution in [-0.4, -0.2) is 27.5 Å². The zero-order chi connectivity index (χ0) is 16.3. The normalized spacial score (nSPS) is 21.2. The van der Waals surface area contributed by atoms with Crippen LogP contribution in [0.1, 0.15) is 25.7 Å². The molecular formula is C14H22ClN3O4S. The molecular weight excluding hydrogens is 342 g/mol. The SMILES string of the molecule is COc1ccc(S(N)(=O)=O)cc1NC(=O)C1CCCC(N)C1.Cl. The van der Waals surface area contributed by atoms with E-state index in [9.17, 15) is 13.2 Å². The minimum atomic E-state index is -3.85. The number of rotatable bonds is 4. The molecule has 0 spiro atoms. The molecule has 0 radical (unpaired) electrons. The van der Waals surface area contributed by atoms with Crippen LogP contribution in [0.2, 0.25) is 0 Å². The summed E-state index contributed by atoms with van der Waals surface area (Å²) in [5, 5.41) is 7.84. The first kappa shape index (κ1) is 19.7. The highest BCUT2D eigenvalue weighted by Crippen LogP contribution is 2.29. The van der Waals surface area contributed by atoms with E-state index < -0.39 is 10.0 Å². The molecule has 2 unspecified atom stereocenters. The summed E-state index contributed by atoms with van der Waals surface area (Å²) in [5.74, 6) is 0.0208. The topological polar surface area (TPSA) is 125 Å². The standard InChI is InChI=1S/C14H21N3O4S.ClH/c1-21-13-6-5-11(22(16,19)20)8-12(13)17-14(18)9-3-2-4-10(15)7-9;/h5-6,8-10H,2-4,7,15H2,1H3,(H,17,18)(H2,16,19,20);1H. The summed E-state index contributed by atoms with van der Waals surface area (Å²) >= 11 is 0. The van der Waals surface area contributed by atoms with Crippen molar-refractivity contribution < 1.29 is 17.9 Å². The van der Waals surface area contributed by atoms with E-state index in [4.69, 9.17) is 15.6 Å². The van der Waals surface area contributed by atoms with Crippen LogP contribution in [0.25, 0.3) is 0 Å². The highest BCUT2D eigenvalue weighted by molar-refractivity contribution is 7.89. The lowest BCUT2D eigenvalue weighted by Gasteiger charge is -2.26. The molecule has 1 amide bonds. The van der Waals surface area contributed by atoms with Gasteiger partial charge in [-0.05, 0) is 37.5 Å². The lowest BCUT2D eigenvalue weighted by atomic mass is 9.85. The summed E-state index contributed by atoms with van der Waals surface area (Å²) in [6, 6.07) is 4.12. The molecule has 0 aromatic heterocycles. The molecule has 1 fully saturated rings. The quantitative estimate of drug-likeness (QED) is 0.741. The molecule has 130 valence electrons. The summed E-state index contributed by atoms with van der Waals surface area (Å²) in [7, 11) is -2.40. The fraction of sp³-hybridized carbons (Fsp3) is 0.500. The Bertz CT molecular complexity index is 666. The summed E-state index contributed by atoms with van der Waals surface area (Å²) < 4.78 is 28.0. The Hall–Kier alpha value is -1.35. The number of sulfonamides is 1. The van der Waals surface area contributed by atoms with Crippen molar-refractivity contribution in [2.24, 2.45) is 16.8 Å². The van der Waals surface area contributed by atoms with Crippen LogP contribution in [0, 0.1) is 5.92 Å². The van der Waals surface area contributed by atoms with Crippen molar-refractivity contribution >= 4 is 34.0 Å². The number of hydrogen-bond acceptors (Lipinski definition) is 5. The van der Waals surface area contributed by atoms with E-state index in [0.717, 1.165) is 19.3 Å². The maximum atomic E-state index is 12.3. The van der Waals surface area contributed by atoms with Crippen LogP contribution < -0.4 is 20.9 Å². The summed E-state index contributed by atoms with van der Waals surface area (Å²) in [6.45, 7) is 0. The number of benzene rings is 1. The number of carbonyl (C=O) groups excluding carboxylic acids is 1. The predicted molar refractivity (Wildman–Crippen MR) is 90.2 cm³/mol. The number of primary sulfonamides is 1. The molecule has 23 heavy (non-hydrogen) atoms. The van der Waals surface area contributed by atoms with Gasteiger partial charge in [-0.2, -0.15) is 0 Å². The fourth-order valence-electron chi connectivity index (χ4n) is 2.66. The molecule has 1 aliphatic carbocycles. The van der Waals surface area contributed by atoms with Crippen LogP contribution in [-0.2, 0) is 14.8 Å². The summed E-state index contributed by atoms with van der Waals surface area (Å²) in [5.41, 5.74) is 6.18. The van der Waals surface area contributed by atoms with Gasteiger partial charge in [0, 0.05) is 12.0 Å². The molecule has 2 atom stereocenters. The second-order valence-corrected chi connectivity index (χ2v) is 7.08. The molecule has 5 N–H and O–H groups in total. The van der Waals surface area contributed by atoms with Crippen molar-refractivity contribution in [3.05, 3.63) is 18.2 Å². The van der Waals surface area contributed by atoms with Gasteiger partial charge in [0.05, 0.1) is 17.7 Å². The molecule has 9 heteroatoms. The number of amides is 1. The monoisotopic (exact) mass is 363 g/mol. The molecule has 1 aliphatic rings. The molecule has 7 nitrogen and oxygen atoms in total. The second kappa shape index (κ2) is 7.96. The van der Waals surface area contributed by atoms with Crippen LogP contribution in [0.4, 0.5) is 5.69 Å². The molecule has 0 saturated heterocycles. The maximum absolute atomic E-state index is 12.3. The largest absolute Gasteiger partial charge is 0.495 e. The van der Waals surface area contributed by atoms with Crippen molar-refractivity contribution in [2.75, 3.05) is 12.4 Å². The predicted octanol–water partition coefficient (Wildman–Crippen LogP) is 1.22. The van der Waals surface area contributed by atoms with Crippen LogP contribution in [0.3, 0.4) is 0 Å². The maximum Gasteiger partial charge on any atom is 0.238 e. The van der Waals surface area contributed by atoms with E-state index in [0.29, 0.717) is 12.2 Å². The number of ether oxygens (including phenoxy) is 1. The Balaban J connectivity index is 0.00000264. The van der Waals surface area contributed by atoms with E-state index in [1.54, 1.807) is 0 Å². The van der Waals surface area contributed by atoms with Crippen molar-refractivity contribution in [1.82, 2.24) is 0 Å². The number of halogens is 1. The Morgan fingerprint density at radius 2 is 2.04 bits per heavy atom. The van der Waals surface area contributed by atoms with E-state index >= 15 is 0 Å². The average Bonchev–Trinajstić information content (AvgIpc) is 2.46. The minimum Gasteiger partial charge on any atom is -0.495 e. The third-order valence-electron chi connectivity index (χ3n) is 3.84. The molecule has 2 rings (SSSR count).